The van der Waals surface area contributed by atoms with Crippen LogP contribution in [-0.2, 0) is 11.3 Å². The van der Waals surface area contributed by atoms with E-state index in [0.29, 0.717) is 30.7 Å². The van der Waals surface area contributed by atoms with Gasteiger partial charge in [-0.25, -0.2) is 9.82 Å². The molecule has 1 aliphatic heterocycles. The minimum absolute atomic E-state index is 0.176. The number of benzene rings is 2. The first-order valence-corrected chi connectivity index (χ1v) is 10.9. The van der Waals surface area contributed by atoms with Crippen molar-refractivity contribution in [2.75, 3.05) is 7.11 Å². The Labute approximate surface area is 191 Å². The van der Waals surface area contributed by atoms with Crippen molar-refractivity contribution in [3.63, 3.8) is 0 Å². The van der Waals surface area contributed by atoms with Gasteiger partial charge in [0, 0.05) is 6.54 Å². The molecule has 1 aliphatic carbocycles. The molecule has 2 amide bonds. The molecule has 9 heteroatoms. The van der Waals surface area contributed by atoms with Crippen LogP contribution in [0.3, 0.4) is 0 Å². The highest BCUT2D eigenvalue weighted by Crippen LogP contribution is 2.36. The molecule has 0 spiro atoms. The Kier molecular flexibility index (Phi) is 6.50. The Balaban J connectivity index is 1.46. The van der Waals surface area contributed by atoms with Gasteiger partial charge in [-0.05, 0) is 42.5 Å². The number of ether oxygens (including phenoxy) is 1. The zero-order valence-electron chi connectivity index (χ0n) is 18.4. The van der Waals surface area contributed by atoms with Crippen LogP contribution >= 0.6 is 0 Å². The van der Waals surface area contributed by atoms with Crippen molar-refractivity contribution in [2.24, 2.45) is 11.5 Å². The average Bonchev–Trinajstić information content (AvgIpc) is 3.40. The van der Waals surface area contributed by atoms with Crippen molar-refractivity contribution in [1.29, 1.82) is 0 Å². The number of hydrogen-bond acceptors (Lipinski definition) is 6. The van der Waals surface area contributed by atoms with Crippen LogP contribution in [0, 0.1) is 0 Å². The van der Waals surface area contributed by atoms with Gasteiger partial charge >= 0.3 is 0 Å². The van der Waals surface area contributed by atoms with E-state index >= 15 is 0 Å². The van der Waals surface area contributed by atoms with E-state index < -0.39 is 24.2 Å². The summed E-state index contributed by atoms with van der Waals surface area (Å²) in [4.78, 5) is 24.6. The molecule has 3 unspecified atom stereocenters. The van der Waals surface area contributed by atoms with Gasteiger partial charge < -0.3 is 21.5 Å². The largest absolute Gasteiger partial charge is 0.496 e. The Hall–Kier alpha value is -3.59. The highest BCUT2D eigenvalue weighted by Gasteiger charge is 2.41. The molecule has 0 radical (unpaired) electrons. The van der Waals surface area contributed by atoms with Crippen LogP contribution in [0.15, 0.2) is 59.9 Å². The van der Waals surface area contributed by atoms with Crippen LogP contribution in [0.5, 0.6) is 5.75 Å². The van der Waals surface area contributed by atoms with E-state index in [4.69, 9.17) is 16.2 Å². The van der Waals surface area contributed by atoms with Crippen LogP contribution < -0.4 is 26.9 Å². The predicted molar refractivity (Wildman–Crippen MR) is 121 cm³/mol. The highest BCUT2D eigenvalue weighted by molar-refractivity contribution is 5.97. The van der Waals surface area contributed by atoms with E-state index in [2.05, 4.69) is 10.7 Å². The molecular weight excluding hydrogens is 425 g/mol. The third kappa shape index (κ3) is 4.49. The third-order valence-corrected chi connectivity index (χ3v) is 6.20. The molecule has 2 aliphatic rings. The van der Waals surface area contributed by atoms with Crippen LogP contribution in [0.2, 0.25) is 0 Å². The minimum atomic E-state index is -1.02. The fourth-order valence-corrected chi connectivity index (χ4v) is 4.46. The van der Waals surface area contributed by atoms with Gasteiger partial charge in [-0.3, -0.25) is 14.6 Å². The summed E-state index contributed by atoms with van der Waals surface area (Å²) in [6.07, 6.45) is 0.877. The summed E-state index contributed by atoms with van der Waals surface area (Å²) in [7, 11) is 1.52. The van der Waals surface area contributed by atoms with E-state index in [1.165, 1.54) is 7.11 Å². The number of hydrazine groups is 1. The lowest BCUT2D eigenvalue weighted by atomic mass is 9.98. The van der Waals surface area contributed by atoms with E-state index in [-0.39, 0.29) is 17.3 Å². The molecule has 0 bridgehead atoms. The molecule has 3 atom stereocenters. The number of carbonyl (C=O) groups is 2. The SMILES string of the molecule is COc1ccccc1C(=O)NCc1ccc(C2NN(C3CCCC3F)C(N)=C2C(N)=O)cc1. The van der Waals surface area contributed by atoms with E-state index in [9.17, 15) is 14.0 Å². The molecule has 1 heterocycles. The molecule has 0 aromatic heterocycles. The molecule has 0 saturated heterocycles. The Bertz CT molecular complexity index is 1070. The fraction of sp³-hybridized carbons (Fsp3) is 0.333. The summed E-state index contributed by atoms with van der Waals surface area (Å²) >= 11 is 0. The second-order valence-electron chi connectivity index (χ2n) is 8.23. The number of alkyl halides is 1. The predicted octanol–water partition coefficient (Wildman–Crippen LogP) is 2.03. The van der Waals surface area contributed by atoms with Gasteiger partial charge in [0.15, 0.2) is 0 Å². The summed E-state index contributed by atoms with van der Waals surface area (Å²) in [6.45, 7) is 0.313. The lowest BCUT2D eigenvalue weighted by Crippen LogP contribution is -2.46. The topological polar surface area (TPSA) is 123 Å². The number of methoxy groups -OCH3 is 1. The second kappa shape index (κ2) is 9.50. The summed E-state index contributed by atoms with van der Waals surface area (Å²) in [5.74, 6) is -0.207. The summed E-state index contributed by atoms with van der Waals surface area (Å²) in [5.41, 5.74) is 17.3. The van der Waals surface area contributed by atoms with Crippen LogP contribution in [0.25, 0.3) is 0 Å². The maximum absolute atomic E-state index is 14.3. The second-order valence-corrected chi connectivity index (χ2v) is 8.23. The monoisotopic (exact) mass is 453 g/mol. The number of nitrogens with two attached hydrogens (primary N) is 2. The number of nitrogens with zero attached hydrogens (tertiary/aromatic N) is 1. The molecule has 6 N–H and O–H groups in total. The number of halogens is 1. The number of nitrogens with one attached hydrogen (secondary N) is 2. The van der Waals surface area contributed by atoms with Crippen LogP contribution in [0.4, 0.5) is 4.39 Å². The normalized spacial score (nSPS) is 22.5. The molecule has 174 valence electrons. The number of amides is 2. The fourth-order valence-electron chi connectivity index (χ4n) is 4.46. The summed E-state index contributed by atoms with van der Waals surface area (Å²) in [6, 6.07) is 13.4. The van der Waals surface area contributed by atoms with Crippen molar-refractivity contribution < 1.29 is 18.7 Å². The number of rotatable bonds is 7. The molecule has 2 aromatic carbocycles. The van der Waals surface area contributed by atoms with Crippen LogP contribution in [-0.4, -0.2) is 36.1 Å². The van der Waals surface area contributed by atoms with Gasteiger partial charge in [-0.2, -0.15) is 0 Å². The first-order valence-electron chi connectivity index (χ1n) is 10.9. The Morgan fingerprint density at radius 1 is 1.18 bits per heavy atom. The van der Waals surface area contributed by atoms with Gasteiger partial charge in [0.2, 0.25) is 5.91 Å². The van der Waals surface area contributed by atoms with Gasteiger partial charge in [0.1, 0.15) is 17.7 Å². The van der Waals surface area contributed by atoms with Gasteiger partial charge in [0.25, 0.3) is 5.91 Å². The minimum Gasteiger partial charge on any atom is -0.496 e. The first-order chi connectivity index (χ1) is 15.9. The van der Waals surface area contributed by atoms with Gasteiger partial charge in [-0.1, -0.05) is 36.4 Å². The highest BCUT2D eigenvalue weighted by atomic mass is 19.1. The average molecular weight is 454 g/mol. The molecular formula is C24H28FN5O3. The van der Waals surface area contributed by atoms with Crippen LogP contribution in [0.1, 0.15) is 46.8 Å². The van der Waals surface area contributed by atoms with Crippen molar-refractivity contribution in [3.05, 3.63) is 76.6 Å². The van der Waals surface area contributed by atoms with Crippen molar-refractivity contribution in [2.45, 2.75) is 44.1 Å². The van der Waals surface area contributed by atoms with Gasteiger partial charge in [0.05, 0.1) is 30.3 Å². The Morgan fingerprint density at radius 2 is 1.91 bits per heavy atom. The first kappa shape index (κ1) is 22.6. The van der Waals surface area contributed by atoms with E-state index in [1.54, 1.807) is 29.3 Å². The molecule has 1 fully saturated rings. The quantitative estimate of drug-likeness (QED) is 0.509. The van der Waals surface area contributed by atoms with Crippen molar-refractivity contribution in [3.8, 4) is 5.75 Å². The van der Waals surface area contributed by atoms with E-state index in [1.807, 2.05) is 24.3 Å². The van der Waals surface area contributed by atoms with Crippen molar-refractivity contribution in [1.82, 2.24) is 15.8 Å². The summed E-state index contributed by atoms with van der Waals surface area (Å²) < 4.78 is 19.6. The molecule has 1 saturated carbocycles. The molecule has 8 nitrogen and oxygen atoms in total. The number of hydrogen-bond donors (Lipinski definition) is 4. The molecule has 2 aromatic rings. The summed E-state index contributed by atoms with van der Waals surface area (Å²) in [5, 5.41) is 4.43. The lowest BCUT2D eigenvalue weighted by Gasteiger charge is -2.29. The van der Waals surface area contributed by atoms with Crippen molar-refractivity contribution >= 4 is 11.8 Å². The number of primary amides is 1. The number of carbonyl (C=O) groups excluding carboxylic acids is 2. The lowest BCUT2D eigenvalue weighted by molar-refractivity contribution is -0.114. The maximum Gasteiger partial charge on any atom is 0.255 e. The Morgan fingerprint density at radius 3 is 2.55 bits per heavy atom. The zero-order chi connectivity index (χ0) is 23.5. The third-order valence-electron chi connectivity index (χ3n) is 6.20. The molecule has 4 rings (SSSR count). The maximum atomic E-state index is 14.3. The van der Waals surface area contributed by atoms with E-state index in [0.717, 1.165) is 17.5 Å². The molecule has 33 heavy (non-hydrogen) atoms. The smallest absolute Gasteiger partial charge is 0.255 e. The number of para-hydroxylation sites is 1. The zero-order valence-corrected chi connectivity index (χ0v) is 18.4. The van der Waals surface area contributed by atoms with Gasteiger partial charge in [-0.15, -0.1) is 0 Å². The standard InChI is InChI=1S/C24H28FN5O3/c1-33-19-8-3-2-5-16(19)24(32)28-13-14-9-11-15(12-10-14)21-20(23(27)31)22(26)30(29-21)18-7-4-6-17(18)25/h2-3,5,8-12,17-18,21,29H,4,6-7,13,26H2,1H3,(H2,27,31)(H,28,32).